The van der Waals surface area contributed by atoms with Crippen molar-refractivity contribution in [1.29, 1.82) is 0 Å². The van der Waals surface area contributed by atoms with Crippen LogP contribution in [0.4, 0.5) is 5.69 Å². The fourth-order valence-electron chi connectivity index (χ4n) is 2.01. The van der Waals surface area contributed by atoms with Gasteiger partial charge in [-0.2, -0.15) is 0 Å². The largest absolute Gasteiger partial charge is 0.275 e. The number of fused-ring (bicyclic) bond motifs is 1. The summed E-state index contributed by atoms with van der Waals surface area (Å²) in [6, 6.07) is 6.44. The van der Waals surface area contributed by atoms with Gasteiger partial charge in [-0.05, 0) is 45.4 Å². The molecule has 1 aliphatic rings. The second-order valence-electron chi connectivity index (χ2n) is 4.61. The molecule has 0 fully saturated rings. The van der Waals surface area contributed by atoms with Gasteiger partial charge in [-0.15, -0.1) is 0 Å². The third-order valence-corrected chi connectivity index (χ3v) is 2.56. The summed E-state index contributed by atoms with van der Waals surface area (Å²) in [5.41, 5.74) is 4.99. The Balaban J connectivity index is 2.56. The fraction of sp³-hybridized carbons (Fsp3) is 0.385. The van der Waals surface area contributed by atoms with Crippen LogP contribution in [0.2, 0.25) is 0 Å². The molecule has 0 saturated carbocycles. The predicted molar refractivity (Wildman–Crippen MR) is 60.7 cm³/mol. The molecule has 2 rings (SSSR count). The van der Waals surface area contributed by atoms with Crippen LogP contribution in [0.1, 0.15) is 31.9 Å². The lowest BCUT2D eigenvalue weighted by Gasteiger charge is -2.28. The lowest BCUT2D eigenvalue weighted by Crippen LogP contribution is -2.30. The van der Waals surface area contributed by atoms with E-state index in [9.17, 15) is 0 Å². The highest BCUT2D eigenvalue weighted by atomic mass is 15.0. The van der Waals surface area contributed by atoms with Gasteiger partial charge in [0.1, 0.15) is 0 Å². The Bertz CT molecular complexity index is 400. The first kappa shape index (κ1) is 9.32. The van der Waals surface area contributed by atoms with Crippen LogP contribution >= 0.6 is 0 Å². The molecular formula is C13H16N. The number of benzene rings is 1. The van der Waals surface area contributed by atoms with E-state index in [1.54, 1.807) is 0 Å². The van der Waals surface area contributed by atoms with Crippen molar-refractivity contribution in [2.24, 2.45) is 0 Å². The van der Waals surface area contributed by atoms with Crippen LogP contribution in [0, 0.1) is 6.92 Å². The first-order valence-corrected chi connectivity index (χ1v) is 5.01. The van der Waals surface area contributed by atoms with Gasteiger partial charge in [0.2, 0.25) is 0 Å². The Morgan fingerprint density at radius 2 is 1.86 bits per heavy atom. The van der Waals surface area contributed by atoms with Gasteiger partial charge < -0.3 is 0 Å². The van der Waals surface area contributed by atoms with Gasteiger partial charge in [-0.3, -0.25) is 5.32 Å². The summed E-state index contributed by atoms with van der Waals surface area (Å²) in [5, 5.41) is 4.69. The van der Waals surface area contributed by atoms with Crippen molar-refractivity contribution in [1.82, 2.24) is 5.32 Å². The molecule has 1 nitrogen and oxygen atoms in total. The van der Waals surface area contributed by atoms with E-state index in [1.165, 1.54) is 16.7 Å². The summed E-state index contributed by atoms with van der Waals surface area (Å²) in [6.07, 6.45) is 2.23. The van der Waals surface area contributed by atoms with Crippen LogP contribution in [0.3, 0.4) is 0 Å². The molecule has 0 spiro atoms. The van der Waals surface area contributed by atoms with Gasteiger partial charge >= 0.3 is 0 Å². The molecule has 1 aromatic rings. The van der Waals surface area contributed by atoms with E-state index < -0.39 is 0 Å². The average Bonchev–Trinajstić information content (AvgIpc) is 2.05. The van der Waals surface area contributed by atoms with Crippen LogP contribution in [-0.2, 0) is 0 Å². The van der Waals surface area contributed by atoms with Crippen LogP contribution in [0.15, 0.2) is 24.3 Å². The van der Waals surface area contributed by atoms with Gasteiger partial charge in [0.05, 0.1) is 11.2 Å². The zero-order chi connectivity index (χ0) is 10.3. The van der Waals surface area contributed by atoms with Crippen molar-refractivity contribution in [2.45, 2.75) is 33.2 Å². The number of allylic oxidation sites excluding steroid dienone is 1. The third-order valence-electron chi connectivity index (χ3n) is 2.56. The molecule has 0 N–H and O–H groups in total. The van der Waals surface area contributed by atoms with E-state index in [0.29, 0.717) is 0 Å². The summed E-state index contributed by atoms with van der Waals surface area (Å²) in [4.78, 5) is 0. The molecular weight excluding hydrogens is 170 g/mol. The molecule has 0 atom stereocenters. The maximum atomic E-state index is 4.69. The molecule has 73 valence electrons. The first-order chi connectivity index (χ1) is 6.48. The van der Waals surface area contributed by atoms with Crippen LogP contribution in [0.5, 0.6) is 0 Å². The summed E-state index contributed by atoms with van der Waals surface area (Å²) in [7, 11) is 0. The number of hydrogen-bond donors (Lipinski definition) is 0. The summed E-state index contributed by atoms with van der Waals surface area (Å²) >= 11 is 0. The minimum atomic E-state index is -0.0493. The van der Waals surface area contributed by atoms with Crippen molar-refractivity contribution in [3.63, 3.8) is 0 Å². The van der Waals surface area contributed by atoms with Crippen molar-refractivity contribution < 1.29 is 0 Å². The normalized spacial score (nSPS) is 18.1. The van der Waals surface area contributed by atoms with Crippen LogP contribution < -0.4 is 5.32 Å². The SMILES string of the molecule is CC1=CC(C)(C)[N]c2ccc(C)cc21. The monoisotopic (exact) mass is 186 g/mol. The Hall–Kier alpha value is -1.24. The molecule has 1 radical (unpaired) electrons. The van der Waals surface area contributed by atoms with Crippen molar-refractivity contribution in [2.75, 3.05) is 0 Å². The Kier molecular flexibility index (Phi) is 1.91. The van der Waals surface area contributed by atoms with Crippen molar-refractivity contribution >= 4 is 11.3 Å². The minimum Gasteiger partial charge on any atom is -0.275 e. The smallest absolute Gasteiger partial charge is 0.0744 e. The molecule has 1 aliphatic heterocycles. The van der Waals surface area contributed by atoms with E-state index in [2.05, 4.69) is 52.0 Å². The van der Waals surface area contributed by atoms with Gasteiger partial charge in [-0.25, -0.2) is 0 Å². The molecule has 0 aromatic heterocycles. The molecule has 0 aliphatic carbocycles. The number of rotatable bonds is 0. The molecule has 0 bridgehead atoms. The third kappa shape index (κ3) is 1.54. The van der Waals surface area contributed by atoms with Crippen molar-refractivity contribution in [3.8, 4) is 0 Å². The Labute approximate surface area is 85.8 Å². The van der Waals surface area contributed by atoms with Gasteiger partial charge in [0, 0.05) is 5.56 Å². The standard InChI is InChI=1S/C13H16N/c1-9-5-6-12-11(7-9)10(2)8-13(3,4)14-12/h5-8H,1-4H3. The highest BCUT2D eigenvalue weighted by Gasteiger charge is 2.23. The van der Waals surface area contributed by atoms with Crippen molar-refractivity contribution in [3.05, 3.63) is 35.4 Å². The summed E-state index contributed by atoms with van der Waals surface area (Å²) in [6.45, 7) is 8.56. The van der Waals surface area contributed by atoms with E-state index in [-0.39, 0.29) is 5.54 Å². The van der Waals surface area contributed by atoms with E-state index >= 15 is 0 Å². The van der Waals surface area contributed by atoms with E-state index in [0.717, 1.165) is 5.69 Å². The zero-order valence-electron chi connectivity index (χ0n) is 9.26. The van der Waals surface area contributed by atoms with E-state index in [1.807, 2.05) is 0 Å². The van der Waals surface area contributed by atoms with E-state index in [4.69, 9.17) is 5.32 Å². The second-order valence-corrected chi connectivity index (χ2v) is 4.61. The minimum absolute atomic E-state index is 0.0493. The molecule has 1 heterocycles. The number of nitrogens with zero attached hydrogens (tertiary/aromatic N) is 1. The Morgan fingerprint density at radius 1 is 1.14 bits per heavy atom. The molecule has 0 amide bonds. The van der Waals surface area contributed by atoms with Gasteiger partial charge in [0.15, 0.2) is 0 Å². The highest BCUT2D eigenvalue weighted by molar-refractivity contribution is 5.77. The average molecular weight is 186 g/mol. The summed E-state index contributed by atoms with van der Waals surface area (Å²) in [5.74, 6) is 0. The topological polar surface area (TPSA) is 14.1 Å². The first-order valence-electron chi connectivity index (χ1n) is 5.01. The molecule has 1 heteroatoms. The quantitative estimate of drug-likeness (QED) is 0.589. The zero-order valence-corrected chi connectivity index (χ0v) is 9.26. The second kappa shape index (κ2) is 2.88. The van der Waals surface area contributed by atoms with Crippen LogP contribution in [0.25, 0.3) is 5.57 Å². The van der Waals surface area contributed by atoms with Gasteiger partial charge in [-0.1, -0.05) is 17.7 Å². The molecule has 0 saturated heterocycles. The fourth-order valence-corrected chi connectivity index (χ4v) is 2.01. The maximum Gasteiger partial charge on any atom is 0.0744 e. The van der Waals surface area contributed by atoms with Crippen LogP contribution in [-0.4, -0.2) is 5.54 Å². The lowest BCUT2D eigenvalue weighted by molar-refractivity contribution is 0.544. The predicted octanol–water partition coefficient (Wildman–Crippen LogP) is 3.43. The molecule has 1 aromatic carbocycles. The summed E-state index contributed by atoms with van der Waals surface area (Å²) < 4.78 is 0. The van der Waals surface area contributed by atoms with Gasteiger partial charge in [0.25, 0.3) is 0 Å². The Morgan fingerprint density at radius 3 is 2.57 bits per heavy atom. The lowest BCUT2D eigenvalue weighted by atomic mass is 9.90. The molecule has 14 heavy (non-hydrogen) atoms. The number of aryl methyl sites for hydroxylation is 1. The number of hydrogen-bond acceptors (Lipinski definition) is 0. The molecule has 0 unspecified atom stereocenters. The maximum absolute atomic E-state index is 4.69. The highest BCUT2D eigenvalue weighted by Crippen LogP contribution is 2.33.